The van der Waals surface area contributed by atoms with Crippen molar-refractivity contribution in [2.24, 2.45) is 11.8 Å². The van der Waals surface area contributed by atoms with Gasteiger partial charge in [-0.1, -0.05) is 19.1 Å². The van der Waals surface area contributed by atoms with Crippen LogP contribution in [0.3, 0.4) is 0 Å². The van der Waals surface area contributed by atoms with E-state index in [-0.39, 0.29) is 11.6 Å². The van der Waals surface area contributed by atoms with E-state index >= 15 is 0 Å². The maximum atomic E-state index is 6.04. The Balaban J connectivity index is 1.71. The van der Waals surface area contributed by atoms with Crippen LogP contribution in [0.2, 0.25) is 0 Å². The van der Waals surface area contributed by atoms with Crippen LogP contribution in [0.4, 0.5) is 0 Å². The van der Waals surface area contributed by atoms with E-state index in [0.717, 1.165) is 25.2 Å². The van der Waals surface area contributed by atoms with Gasteiger partial charge < -0.3 is 4.74 Å². The van der Waals surface area contributed by atoms with Gasteiger partial charge in [-0.25, -0.2) is 0 Å². The molecule has 116 valence electrons. The van der Waals surface area contributed by atoms with Crippen molar-refractivity contribution in [1.82, 2.24) is 5.43 Å². The monoisotopic (exact) mass is 306 g/mol. The van der Waals surface area contributed by atoms with E-state index in [0.29, 0.717) is 5.92 Å². The number of hydrogen-bond acceptors (Lipinski definition) is 4. The first-order chi connectivity index (χ1) is 10.3. The normalized spacial score (nSPS) is 25.5. The molecule has 21 heavy (non-hydrogen) atoms. The van der Waals surface area contributed by atoms with Crippen molar-refractivity contribution < 1.29 is 4.74 Å². The van der Waals surface area contributed by atoms with Gasteiger partial charge in [0.15, 0.2) is 0 Å². The molecule has 2 fully saturated rings. The molecule has 2 atom stereocenters. The van der Waals surface area contributed by atoms with Gasteiger partial charge in [-0.2, -0.15) is 0 Å². The summed E-state index contributed by atoms with van der Waals surface area (Å²) in [5.41, 5.74) is 4.54. The smallest absolute Gasteiger partial charge is 0.0686 e. The predicted octanol–water partition coefficient (Wildman–Crippen LogP) is 3.65. The molecule has 1 aromatic rings. The minimum Gasteiger partial charge on any atom is -0.375 e. The maximum Gasteiger partial charge on any atom is 0.0686 e. The van der Waals surface area contributed by atoms with Crippen LogP contribution in [0.5, 0.6) is 0 Å². The van der Waals surface area contributed by atoms with Crippen LogP contribution >= 0.6 is 11.8 Å². The first-order valence-corrected chi connectivity index (χ1v) is 9.08. The predicted molar refractivity (Wildman–Crippen MR) is 88.2 cm³/mol. The van der Waals surface area contributed by atoms with Crippen LogP contribution in [-0.4, -0.2) is 18.0 Å². The average Bonchev–Trinajstić information content (AvgIpc) is 2.49. The minimum absolute atomic E-state index is 0.177. The molecule has 3 nitrogen and oxygen atoms in total. The number of hydrogen-bond donors (Lipinski definition) is 2. The summed E-state index contributed by atoms with van der Waals surface area (Å²) >= 11 is 1.88. The van der Waals surface area contributed by atoms with Gasteiger partial charge in [-0.3, -0.25) is 11.3 Å². The minimum atomic E-state index is 0.177. The molecule has 0 aromatic heterocycles. The molecule has 3 rings (SSSR count). The van der Waals surface area contributed by atoms with Gasteiger partial charge >= 0.3 is 0 Å². The summed E-state index contributed by atoms with van der Waals surface area (Å²) < 4.78 is 6.04. The lowest BCUT2D eigenvalue weighted by Gasteiger charge is -2.48. The van der Waals surface area contributed by atoms with E-state index in [4.69, 9.17) is 10.6 Å². The summed E-state index contributed by atoms with van der Waals surface area (Å²) in [6.45, 7) is 3.07. The molecule has 1 saturated heterocycles. The van der Waals surface area contributed by atoms with Crippen LogP contribution in [0, 0.1) is 5.92 Å². The molecular weight excluding hydrogens is 280 g/mol. The number of nitrogens with one attached hydrogen (secondary N) is 1. The Morgan fingerprint density at radius 3 is 2.71 bits per heavy atom. The van der Waals surface area contributed by atoms with E-state index in [1.807, 2.05) is 11.8 Å². The third kappa shape index (κ3) is 3.29. The molecular formula is C17H26N2OS. The summed E-state index contributed by atoms with van der Waals surface area (Å²) in [5, 5.41) is 0. The van der Waals surface area contributed by atoms with E-state index in [1.165, 1.54) is 29.7 Å². The fraction of sp³-hybridized carbons (Fsp3) is 0.647. The van der Waals surface area contributed by atoms with Crippen LogP contribution < -0.4 is 11.3 Å². The Hall–Kier alpha value is -0.550. The zero-order valence-corrected chi connectivity index (χ0v) is 13.6. The summed E-state index contributed by atoms with van der Waals surface area (Å²) in [7, 11) is 0. The first kappa shape index (κ1) is 15.3. The van der Waals surface area contributed by atoms with Crippen LogP contribution in [0.15, 0.2) is 29.2 Å². The molecule has 1 aliphatic carbocycles. The van der Waals surface area contributed by atoms with Gasteiger partial charge in [0, 0.05) is 17.5 Å². The highest BCUT2D eigenvalue weighted by molar-refractivity contribution is 7.99. The van der Waals surface area contributed by atoms with E-state index < -0.39 is 0 Å². The number of thioether (sulfide) groups is 1. The molecule has 1 aliphatic heterocycles. The second-order valence-corrected chi connectivity index (χ2v) is 7.62. The van der Waals surface area contributed by atoms with Crippen molar-refractivity contribution in [3.05, 3.63) is 29.8 Å². The molecule has 2 aliphatic rings. The van der Waals surface area contributed by atoms with Gasteiger partial charge in [0.25, 0.3) is 0 Å². The number of rotatable bonds is 5. The summed E-state index contributed by atoms with van der Waals surface area (Å²) in [6.07, 6.45) is 6.02. The highest BCUT2D eigenvalue weighted by atomic mass is 32.2. The van der Waals surface area contributed by atoms with Crippen molar-refractivity contribution in [3.8, 4) is 0 Å². The molecule has 1 spiro atoms. The first-order valence-electron chi connectivity index (χ1n) is 8.09. The van der Waals surface area contributed by atoms with Gasteiger partial charge in [0.05, 0.1) is 5.60 Å². The zero-order chi connectivity index (χ0) is 14.7. The van der Waals surface area contributed by atoms with Crippen molar-refractivity contribution in [2.75, 3.05) is 12.4 Å². The van der Waals surface area contributed by atoms with E-state index in [9.17, 15) is 0 Å². The summed E-state index contributed by atoms with van der Waals surface area (Å²) in [4.78, 5) is 1.33. The van der Waals surface area contributed by atoms with Gasteiger partial charge in [0.2, 0.25) is 0 Å². The van der Waals surface area contributed by atoms with Crippen molar-refractivity contribution in [1.29, 1.82) is 0 Å². The van der Waals surface area contributed by atoms with Crippen molar-refractivity contribution >= 4 is 11.8 Å². The Labute approximate surface area is 132 Å². The fourth-order valence-electron chi connectivity index (χ4n) is 3.71. The lowest BCUT2D eigenvalue weighted by Crippen LogP contribution is -2.48. The number of benzene rings is 1. The topological polar surface area (TPSA) is 47.3 Å². The third-order valence-electron chi connectivity index (χ3n) is 5.00. The Kier molecular flexibility index (Phi) is 4.89. The van der Waals surface area contributed by atoms with Gasteiger partial charge in [-0.15, -0.1) is 11.8 Å². The SMILES string of the molecule is CCSc1ccc(C(NN)C2CCOC3(CCC3)C2)cc1. The van der Waals surface area contributed by atoms with Crippen molar-refractivity contribution in [3.63, 3.8) is 0 Å². The number of ether oxygens (including phenoxy) is 1. The number of nitrogens with two attached hydrogens (primary N) is 1. The van der Waals surface area contributed by atoms with Crippen LogP contribution in [0.25, 0.3) is 0 Å². The lowest BCUT2D eigenvalue weighted by atomic mass is 9.70. The molecule has 4 heteroatoms. The molecule has 2 unspecified atom stereocenters. The molecule has 3 N–H and O–H groups in total. The molecule has 1 aromatic carbocycles. The van der Waals surface area contributed by atoms with E-state index in [1.54, 1.807) is 0 Å². The largest absolute Gasteiger partial charge is 0.375 e. The van der Waals surface area contributed by atoms with Gasteiger partial charge in [0.1, 0.15) is 0 Å². The zero-order valence-electron chi connectivity index (χ0n) is 12.8. The molecule has 0 radical (unpaired) electrons. The molecule has 1 heterocycles. The standard InChI is InChI=1S/C17H26N2OS/c1-2-21-15-6-4-13(5-7-15)16(19-18)14-8-11-20-17(12-14)9-3-10-17/h4-7,14,16,19H,2-3,8-12,18H2,1H3. The number of hydrazine groups is 1. The average molecular weight is 306 g/mol. The summed E-state index contributed by atoms with van der Waals surface area (Å²) in [6, 6.07) is 9.13. The fourth-order valence-corrected chi connectivity index (χ4v) is 4.37. The second-order valence-electron chi connectivity index (χ2n) is 6.28. The maximum absolute atomic E-state index is 6.04. The summed E-state index contributed by atoms with van der Waals surface area (Å²) in [5.74, 6) is 7.57. The highest BCUT2D eigenvalue weighted by Crippen LogP contribution is 2.47. The quantitative estimate of drug-likeness (QED) is 0.495. The third-order valence-corrected chi connectivity index (χ3v) is 5.89. The Morgan fingerprint density at radius 2 is 2.14 bits per heavy atom. The Bertz CT molecular complexity index is 458. The molecule has 1 saturated carbocycles. The second kappa shape index (κ2) is 6.69. The highest BCUT2D eigenvalue weighted by Gasteiger charge is 2.44. The van der Waals surface area contributed by atoms with Crippen molar-refractivity contribution in [2.45, 2.75) is 55.6 Å². The van der Waals surface area contributed by atoms with Gasteiger partial charge in [-0.05, 0) is 61.5 Å². The molecule has 0 bridgehead atoms. The lowest BCUT2D eigenvalue weighted by molar-refractivity contribution is -0.147. The van der Waals surface area contributed by atoms with Crippen LogP contribution in [-0.2, 0) is 4.74 Å². The van der Waals surface area contributed by atoms with Crippen LogP contribution in [0.1, 0.15) is 50.6 Å². The Morgan fingerprint density at radius 1 is 1.38 bits per heavy atom. The molecule has 0 amide bonds. The van der Waals surface area contributed by atoms with E-state index in [2.05, 4.69) is 36.6 Å².